The lowest BCUT2D eigenvalue weighted by molar-refractivity contribution is 0.473. The molecule has 0 unspecified atom stereocenters. The summed E-state index contributed by atoms with van der Waals surface area (Å²) in [7, 11) is 0. The van der Waals surface area contributed by atoms with Gasteiger partial charge in [-0.1, -0.05) is 0 Å². The Bertz CT molecular complexity index is 480. The Balaban J connectivity index is 2.23. The molecule has 0 spiro atoms. The predicted octanol–water partition coefficient (Wildman–Crippen LogP) is 2.16. The van der Waals surface area contributed by atoms with Crippen molar-refractivity contribution in [3.63, 3.8) is 0 Å². The first-order valence-corrected chi connectivity index (χ1v) is 4.74. The highest BCUT2D eigenvalue weighted by atomic mass is 79.9. The third-order valence-electron chi connectivity index (χ3n) is 1.77. The average molecular weight is 252 g/mol. The van der Waals surface area contributed by atoms with Crippen molar-refractivity contribution in [3.8, 4) is 6.07 Å². The first kappa shape index (κ1) is 9.03. The highest BCUT2D eigenvalue weighted by Crippen LogP contribution is 2.15. The maximum Gasteiger partial charge on any atom is 0.213 e. The van der Waals surface area contributed by atoms with E-state index in [1.807, 2.05) is 18.2 Å². The number of halogens is 1. The molecule has 0 saturated carbocycles. The molecular formula is C9H6BrN3O. The van der Waals surface area contributed by atoms with E-state index in [-0.39, 0.29) is 0 Å². The van der Waals surface area contributed by atoms with E-state index in [2.05, 4.69) is 20.9 Å². The molecule has 0 amide bonds. The van der Waals surface area contributed by atoms with Gasteiger partial charge in [-0.25, -0.2) is 4.98 Å². The summed E-state index contributed by atoms with van der Waals surface area (Å²) in [5.74, 6) is 1.17. The van der Waals surface area contributed by atoms with Crippen molar-refractivity contribution in [2.24, 2.45) is 0 Å². The molecule has 0 saturated heterocycles. The molecule has 0 fully saturated rings. The van der Waals surface area contributed by atoms with E-state index < -0.39 is 0 Å². The van der Waals surface area contributed by atoms with Crippen LogP contribution in [0, 0.1) is 11.3 Å². The topological polar surface area (TPSA) is 54.8 Å². The number of hydrogen-bond acceptors (Lipinski definition) is 3. The zero-order chi connectivity index (χ0) is 9.97. The van der Waals surface area contributed by atoms with Crippen LogP contribution in [-0.2, 0) is 6.54 Å². The Hall–Kier alpha value is -1.54. The lowest BCUT2D eigenvalue weighted by Crippen LogP contribution is -2.00. The molecule has 0 aliphatic rings. The van der Waals surface area contributed by atoms with Crippen LogP contribution >= 0.6 is 15.9 Å². The van der Waals surface area contributed by atoms with Gasteiger partial charge in [0.25, 0.3) is 0 Å². The molecule has 0 atom stereocenters. The van der Waals surface area contributed by atoms with Crippen molar-refractivity contribution >= 4 is 15.9 Å². The Morgan fingerprint density at radius 2 is 2.43 bits per heavy atom. The maximum absolute atomic E-state index is 8.72. The molecule has 4 nitrogen and oxygen atoms in total. The van der Waals surface area contributed by atoms with Gasteiger partial charge in [-0.3, -0.25) is 0 Å². The molecule has 2 aromatic heterocycles. The summed E-state index contributed by atoms with van der Waals surface area (Å²) in [6.45, 7) is 0.522. The number of hydrogen-bond donors (Lipinski definition) is 0. The molecule has 0 aromatic carbocycles. The molecule has 2 rings (SSSR count). The number of furan rings is 1. The van der Waals surface area contributed by atoms with Crippen LogP contribution in [0.5, 0.6) is 0 Å². The second-order valence-electron chi connectivity index (χ2n) is 2.70. The molecule has 0 radical (unpaired) electrons. The van der Waals surface area contributed by atoms with E-state index in [9.17, 15) is 0 Å². The molecule has 2 heterocycles. The minimum atomic E-state index is 0.387. The Morgan fingerprint density at radius 3 is 3.07 bits per heavy atom. The van der Waals surface area contributed by atoms with Crippen molar-refractivity contribution in [1.29, 1.82) is 5.26 Å². The van der Waals surface area contributed by atoms with Gasteiger partial charge in [-0.2, -0.15) is 5.26 Å². The van der Waals surface area contributed by atoms with Crippen LogP contribution in [0.15, 0.2) is 33.6 Å². The van der Waals surface area contributed by atoms with Gasteiger partial charge in [0.1, 0.15) is 11.8 Å². The van der Waals surface area contributed by atoms with Gasteiger partial charge in [0.2, 0.25) is 5.82 Å². The van der Waals surface area contributed by atoms with E-state index >= 15 is 0 Å². The molecule has 0 aliphatic heterocycles. The highest BCUT2D eigenvalue weighted by molar-refractivity contribution is 9.10. The van der Waals surface area contributed by atoms with Gasteiger partial charge in [0.15, 0.2) is 4.67 Å². The first-order chi connectivity index (χ1) is 6.79. The van der Waals surface area contributed by atoms with Crippen LogP contribution in [0.3, 0.4) is 0 Å². The van der Waals surface area contributed by atoms with Crippen LogP contribution in [0.2, 0.25) is 0 Å². The number of nitriles is 1. The van der Waals surface area contributed by atoms with Crippen LogP contribution in [0.4, 0.5) is 0 Å². The van der Waals surface area contributed by atoms with Crippen LogP contribution in [-0.4, -0.2) is 9.55 Å². The second kappa shape index (κ2) is 3.68. The highest BCUT2D eigenvalue weighted by Gasteiger charge is 2.04. The lowest BCUT2D eigenvalue weighted by Gasteiger charge is -1.98. The normalized spacial score (nSPS) is 10.0. The quantitative estimate of drug-likeness (QED) is 0.822. The third kappa shape index (κ3) is 1.70. The fourth-order valence-corrected chi connectivity index (χ4v) is 1.49. The van der Waals surface area contributed by atoms with Crippen molar-refractivity contribution < 1.29 is 4.42 Å². The smallest absolute Gasteiger partial charge is 0.213 e. The van der Waals surface area contributed by atoms with E-state index in [1.54, 1.807) is 17.0 Å². The minimum Gasteiger partial charge on any atom is -0.452 e. The van der Waals surface area contributed by atoms with Crippen LogP contribution in [0.25, 0.3) is 0 Å². The van der Waals surface area contributed by atoms with Gasteiger partial charge in [0.05, 0.1) is 6.54 Å². The van der Waals surface area contributed by atoms with Crippen LogP contribution in [0.1, 0.15) is 11.6 Å². The first-order valence-electron chi connectivity index (χ1n) is 3.95. The summed E-state index contributed by atoms with van der Waals surface area (Å²) in [6.07, 6.45) is 3.34. The average Bonchev–Trinajstić information content (AvgIpc) is 2.76. The fraction of sp³-hybridized carbons (Fsp3) is 0.111. The molecule has 5 heteroatoms. The number of rotatable bonds is 2. The molecular weight excluding hydrogens is 246 g/mol. The number of aromatic nitrogens is 2. The summed E-state index contributed by atoms with van der Waals surface area (Å²) >= 11 is 3.22. The molecule has 2 aromatic rings. The monoisotopic (exact) mass is 251 g/mol. The maximum atomic E-state index is 8.72. The fourth-order valence-electron chi connectivity index (χ4n) is 1.15. The van der Waals surface area contributed by atoms with Gasteiger partial charge < -0.3 is 8.98 Å². The number of imidazole rings is 1. The van der Waals surface area contributed by atoms with Crippen molar-refractivity contribution in [1.82, 2.24) is 9.55 Å². The van der Waals surface area contributed by atoms with Gasteiger partial charge in [0, 0.05) is 12.4 Å². The predicted molar refractivity (Wildman–Crippen MR) is 52.5 cm³/mol. The molecule has 0 bridgehead atoms. The molecule has 0 N–H and O–H groups in total. The van der Waals surface area contributed by atoms with E-state index in [1.165, 1.54) is 0 Å². The zero-order valence-electron chi connectivity index (χ0n) is 7.14. The Kier molecular flexibility index (Phi) is 2.37. The molecule has 14 heavy (non-hydrogen) atoms. The third-order valence-corrected chi connectivity index (χ3v) is 2.20. The van der Waals surface area contributed by atoms with Crippen LogP contribution < -0.4 is 0 Å². The van der Waals surface area contributed by atoms with Crippen molar-refractivity contribution in [2.45, 2.75) is 6.54 Å². The molecule has 70 valence electrons. The summed E-state index contributed by atoms with van der Waals surface area (Å²) < 4.78 is 7.73. The second-order valence-corrected chi connectivity index (χ2v) is 3.48. The summed E-state index contributed by atoms with van der Waals surface area (Å²) in [4.78, 5) is 3.89. The van der Waals surface area contributed by atoms with Gasteiger partial charge in [-0.05, 0) is 28.1 Å². The lowest BCUT2D eigenvalue weighted by atomic mass is 10.4. The standard InChI is InChI=1S/C9H6BrN3O/c10-8-2-1-7(14-8)6-13-4-3-12-9(13)5-11/h1-4H,6H2. The van der Waals surface area contributed by atoms with Gasteiger partial charge >= 0.3 is 0 Å². The van der Waals surface area contributed by atoms with E-state index in [4.69, 9.17) is 9.68 Å². The van der Waals surface area contributed by atoms with E-state index in [0.717, 1.165) is 5.76 Å². The van der Waals surface area contributed by atoms with E-state index in [0.29, 0.717) is 17.0 Å². The van der Waals surface area contributed by atoms with Crippen molar-refractivity contribution in [2.75, 3.05) is 0 Å². The zero-order valence-corrected chi connectivity index (χ0v) is 8.73. The van der Waals surface area contributed by atoms with Gasteiger partial charge in [-0.15, -0.1) is 0 Å². The summed E-state index contributed by atoms with van der Waals surface area (Å²) in [6, 6.07) is 5.67. The summed E-state index contributed by atoms with van der Waals surface area (Å²) in [5.41, 5.74) is 0. The SMILES string of the molecule is N#Cc1nccn1Cc1ccc(Br)o1. The Labute approximate surface area is 88.9 Å². The summed E-state index contributed by atoms with van der Waals surface area (Å²) in [5, 5.41) is 8.72. The molecule has 0 aliphatic carbocycles. The Morgan fingerprint density at radius 1 is 1.57 bits per heavy atom. The largest absolute Gasteiger partial charge is 0.452 e. The van der Waals surface area contributed by atoms with Crippen molar-refractivity contribution in [3.05, 3.63) is 40.8 Å². The minimum absolute atomic E-state index is 0.387. The number of nitrogens with zero attached hydrogens (tertiary/aromatic N) is 3.